The number of likely N-dealkylation sites (tertiary alicyclic amines) is 1. The molecule has 0 spiro atoms. The zero-order valence-electron chi connectivity index (χ0n) is 10.8. The third-order valence-electron chi connectivity index (χ3n) is 3.29. The maximum Gasteiger partial charge on any atom is 0.325 e. The zero-order valence-corrected chi connectivity index (χ0v) is 10.8. The summed E-state index contributed by atoms with van der Waals surface area (Å²) in [4.78, 5) is 24.6. The number of nitrogens with two attached hydrogens (primary N) is 1. The topological polar surface area (TPSA) is 105 Å². The van der Waals surface area contributed by atoms with Gasteiger partial charge in [0.2, 0.25) is 5.91 Å². The maximum atomic E-state index is 11.8. The number of nitrogens with zero attached hydrogens (tertiary/aromatic N) is 1. The van der Waals surface area contributed by atoms with Crippen molar-refractivity contribution in [3.05, 3.63) is 0 Å². The molecule has 1 rings (SSSR count). The van der Waals surface area contributed by atoms with Crippen molar-refractivity contribution in [2.45, 2.75) is 24.9 Å². The Balaban J connectivity index is 2.46. The summed E-state index contributed by atoms with van der Waals surface area (Å²) in [5.74, 6) is -1.15. The Morgan fingerprint density at radius 1 is 1.61 bits per heavy atom. The van der Waals surface area contributed by atoms with Gasteiger partial charge in [-0.25, -0.2) is 0 Å². The smallest absolute Gasteiger partial charge is 0.325 e. The van der Waals surface area contributed by atoms with Gasteiger partial charge in [-0.15, -0.1) is 0 Å². The van der Waals surface area contributed by atoms with E-state index in [4.69, 9.17) is 15.6 Å². The fourth-order valence-corrected chi connectivity index (χ4v) is 1.96. The molecule has 0 aromatic heterocycles. The molecule has 1 fully saturated rings. The average molecular weight is 259 g/mol. The van der Waals surface area contributed by atoms with Crippen molar-refractivity contribution >= 4 is 11.9 Å². The van der Waals surface area contributed by atoms with Crippen LogP contribution in [0.25, 0.3) is 0 Å². The van der Waals surface area contributed by atoms with Crippen LogP contribution in [-0.2, 0) is 14.3 Å². The number of methoxy groups -OCH3 is 1. The predicted octanol–water partition coefficient (Wildman–Crippen LogP) is -1.37. The van der Waals surface area contributed by atoms with Gasteiger partial charge in [-0.05, 0) is 13.3 Å². The van der Waals surface area contributed by atoms with E-state index in [9.17, 15) is 9.59 Å². The van der Waals surface area contributed by atoms with Crippen LogP contribution < -0.4 is 11.1 Å². The summed E-state index contributed by atoms with van der Waals surface area (Å²) < 4.78 is 4.84. The van der Waals surface area contributed by atoms with Crippen molar-refractivity contribution in [3.63, 3.8) is 0 Å². The number of aliphatic carboxylic acids is 1. The van der Waals surface area contributed by atoms with E-state index in [1.54, 1.807) is 18.9 Å². The van der Waals surface area contributed by atoms with Gasteiger partial charge in [0.25, 0.3) is 0 Å². The summed E-state index contributed by atoms with van der Waals surface area (Å²) in [5.41, 5.74) is 4.52. The van der Waals surface area contributed by atoms with E-state index >= 15 is 0 Å². The summed E-state index contributed by atoms with van der Waals surface area (Å²) in [6, 6.07) is -0.383. The Labute approximate surface area is 106 Å². The van der Waals surface area contributed by atoms with Gasteiger partial charge in [0, 0.05) is 26.7 Å². The van der Waals surface area contributed by atoms with Crippen LogP contribution in [0.5, 0.6) is 0 Å². The van der Waals surface area contributed by atoms with E-state index in [0.29, 0.717) is 26.1 Å². The van der Waals surface area contributed by atoms with Crippen LogP contribution in [0.1, 0.15) is 13.3 Å². The zero-order chi connectivity index (χ0) is 13.8. The summed E-state index contributed by atoms with van der Waals surface area (Å²) in [7, 11) is 1.56. The molecule has 0 bridgehead atoms. The molecule has 0 aliphatic carbocycles. The van der Waals surface area contributed by atoms with Crippen LogP contribution in [0.15, 0.2) is 0 Å². The molecule has 7 nitrogen and oxygen atoms in total. The van der Waals surface area contributed by atoms with Gasteiger partial charge < -0.3 is 20.9 Å². The first-order valence-corrected chi connectivity index (χ1v) is 5.93. The van der Waals surface area contributed by atoms with Gasteiger partial charge in [0.05, 0.1) is 12.6 Å². The van der Waals surface area contributed by atoms with E-state index in [2.05, 4.69) is 5.32 Å². The number of hydrogen-bond donors (Lipinski definition) is 3. The number of carboxylic acids is 1. The Morgan fingerprint density at radius 3 is 2.78 bits per heavy atom. The third-order valence-corrected chi connectivity index (χ3v) is 3.29. The normalized spacial score (nSPS) is 25.9. The first-order valence-electron chi connectivity index (χ1n) is 5.93. The molecule has 1 aliphatic rings. The monoisotopic (exact) mass is 259 g/mol. The molecule has 0 radical (unpaired) electrons. The molecule has 18 heavy (non-hydrogen) atoms. The van der Waals surface area contributed by atoms with Crippen molar-refractivity contribution in [1.82, 2.24) is 10.2 Å². The lowest BCUT2D eigenvalue weighted by Crippen LogP contribution is -2.52. The standard InChI is InChI=1S/C11H21N3O4/c1-8(9(15)13-4-6-18-2)14-5-3-11(12,7-14)10(16)17/h8H,3-7,12H2,1-2H3,(H,13,15)(H,16,17). The lowest BCUT2D eigenvalue weighted by atomic mass is 10.0. The summed E-state index contributed by atoms with van der Waals surface area (Å²) in [5, 5.41) is 11.7. The summed E-state index contributed by atoms with van der Waals surface area (Å²) in [6.45, 7) is 3.35. The Bertz CT molecular complexity index is 323. The van der Waals surface area contributed by atoms with Crippen LogP contribution >= 0.6 is 0 Å². The highest BCUT2D eigenvalue weighted by Gasteiger charge is 2.43. The van der Waals surface area contributed by atoms with Crippen molar-refractivity contribution in [2.24, 2.45) is 5.73 Å². The summed E-state index contributed by atoms with van der Waals surface area (Å²) in [6.07, 6.45) is 0.359. The predicted molar refractivity (Wildman–Crippen MR) is 65.1 cm³/mol. The minimum absolute atomic E-state index is 0.137. The Kier molecular flexibility index (Phi) is 5.06. The molecule has 0 aromatic carbocycles. The third kappa shape index (κ3) is 3.41. The highest BCUT2D eigenvalue weighted by Crippen LogP contribution is 2.21. The van der Waals surface area contributed by atoms with Crippen LogP contribution in [0.4, 0.5) is 0 Å². The van der Waals surface area contributed by atoms with Crippen molar-refractivity contribution in [3.8, 4) is 0 Å². The molecule has 104 valence electrons. The molecule has 4 N–H and O–H groups in total. The van der Waals surface area contributed by atoms with Crippen LogP contribution in [0, 0.1) is 0 Å². The quantitative estimate of drug-likeness (QED) is 0.508. The van der Waals surface area contributed by atoms with Crippen molar-refractivity contribution < 1.29 is 19.4 Å². The van der Waals surface area contributed by atoms with Crippen LogP contribution in [0.3, 0.4) is 0 Å². The second-order valence-corrected chi connectivity index (χ2v) is 4.64. The highest BCUT2D eigenvalue weighted by atomic mass is 16.5. The molecule has 2 atom stereocenters. The molecule has 1 heterocycles. The lowest BCUT2D eigenvalue weighted by molar-refractivity contribution is -0.143. The summed E-state index contributed by atoms with van der Waals surface area (Å²) >= 11 is 0. The number of carbonyl (C=O) groups is 2. The van der Waals surface area contributed by atoms with E-state index in [-0.39, 0.29) is 18.5 Å². The van der Waals surface area contributed by atoms with Crippen LogP contribution in [-0.4, -0.2) is 66.8 Å². The molecule has 0 saturated carbocycles. The SMILES string of the molecule is COCCNC(=O)C(C)N1CCC(N)(C(=O)O)C1. The number of ether oxygens (including phenoxy) is 1. The van der Waals surface area contributed by atoms with Gasteiger partial charge >= 0.3 is 5.97 Å². The second kappa shape index (κ2) is 6.12. The lowest BCUT2D eigenvalue weighted by Gasteiger charge is -2.25. The van der Waals surface area contributed by atoms with Gasteiger partial charge in [0.15, 0.2) is 0 Å². The number of carboxylic acid groups (broad SMARTS) is 1. The number of rotatable bonds is 6. The average Bonchev–Trinajstić information content (AvgIpc) is 2.72. The Hall–Kier alpha value is -1.18. The largest absolute Gasteiger partial charge is 0.480 e. The fourth-order valence-electron chi connectivity index (χ4n) is 1.96. The van der Waals surface area contributed by atoms with E-state index in [0.717, 1.165) is 0 Å². The fraction of sp³-hybridized carbons (Fsp3) is 0.818. The second-order valence-electron chi connectivity index (χ2n) is 4.64. The van der Waals surface area contributed by atoms with E-state index in [1.807, 2.05) is 0 Å². The number of amides is 1. The molecule has 0 aromatic rings. The maximum absolute atomic E-state index is 11.8. The van der Waals surface area contributed by atoms with Gasteiger partial charge in [-0.3, -0.25) is 14.5 Å². The van der Waals surface area contributed by atoms with Crippen molar-refractivity contribution in [2.75, 3.05) is 33.4 Å². The minimum Gasteiger partial charge on any atom is -0.480 e. The van der Waals surface area contributed by atoms with Crippen LogP contribution in [0.2, 0.25) is 0 Å². The molecule has 2 unspecified atom stereocenters. The Morgan fingerprint density at radius 2 is 2.28 bits per heavy atom. The molecule has 7 heteroatoms. The van der Waals surface area contributed by atoms with E-state index in [1.165, 1.54) is 0 Å². The molecule has 1 aliphatic heterocycles. The first-order chi connectivity index (χ1) is 8.40. The number of hydrogen-bond acceptors (Lipinski definition) is 5. The molecular weight excluding hydrogens is 238 g/mol. The minimum atomic E-state index is -1.24. The molecule has 1 amide bonds. The number of carbonyl (C=O) groups excluding carboxylic acids is 1. The number of nitrogens with one attached hydrogen (secondary N) is 1. The van der Waals surface area contributed by atoms with Gasteiger partial charge in [-0.1, -0.05) is 0 Å². The first kappa shape index (κ1) is 14.9. The van der Waals surface area contributed by atoms with E-state index < -0.39 is 11.5 Å². The molecular formula is C11H21N3O4. The van der Waals surface area contributed by atoms with Crippen molar-refractivity contribution in [1.29, 1.82) is 0 Å². The van der Waals surface area contributed by atoms with Gasteiger partial charge in [-0.2, -0.15) is 0 Å². The molecule has 1 saturated heterocycles. The van der Waals surface area contributed by atoms with Gasteiger partial charge in [0.1, 0.15) is 5.54 Å². The highest BCUT2D eigenvalue weighted by molar-refractivity contribution is 5.82.